The van der Waals surface area contributed by atoms with Crippen LogP contribution in [0.25, 0.3) is 0 Å². The molecule has 0 radical (unpaired) electrons. The summed E-state index contributed by atoms with van der Waals surface area (Å²) in [5.41, 5.74) is 0. The van der Waals surface area contributed by atoms with Gasteiger partial charge in [0.15, 0.2) is 12.6 Å². The number of ether oxygens (including phenoxy) is 5. The molecule has 0 aromatic carbocycles. The zero-order chi connectivity index (χ0) is 28.9. The molecule has 4 rings (SSSR count). The molecule has 1 N–H and O–H groups in total. The van der Waals surface area contributed by atoms with Gasteiger partial charge in [-0.3, -0.25) is 4.79 Å². The molecule has 0 aromatic rings. The van der Waals surface area contributed by atoms with E-state index in [0.717, 1.165) is 76.9 Å². The molecule has 7 heteroatoms. The summed E-state index contributed by atoms with van der Waals surface area (Å²) in [7, 11) is 1.43. The zero-order valence-corrected chi connectivity index (χ0v) is 25.6. The number of esters is 1. The minimum Gasteiger partial charge on any atom is -0.469 e. The van der Waals surface area contributed by atoms with E-state index in [1.165, 1.54) is 39.2 Å². The monoisotopic (exact) mass is 576 g/mol. The van der Waals surface area contributed by atoms with Crippen molar-refractivity contribution in [3.05, 3.63) is 24.3 Å². The van der Waals surface area contributed by atoms with Gasteiger partial charge in [-0.05, 0) is 88.4 Å². The lowest BCUT2D eigenvalue weighted by Crippen LogP contribution is -2.32. The van der Waals surface area contributed by atoms with E-state index in [1.807, 2.05) is 0 Å². The predicted molar refractivity (Wildman–Crippen MR) is 159 cm³/mol. The van der Waals surface area contributed by atoms with Gasteiger partial charge >= 0.3 is 5.97 Å². The van der Waals surface area contributed by atoms with Gasteiger partial charge in [0, 0.05) is 32.0 Å². The molecule has 2 saturated carbocycles. The molecule has 4 unspecified atom stereocenters. The number of hydrogen-bond donors (Lipinski definition) is 1. The normalized spacial score (nSPS) is 35.4. The molecular weight excluding hydrogens is 520 g/mol. The number of carbonyl (C=O) groups excluding carboxylic acids is 1. The van der Waals surface area contributed by atoms with Crippen LogP contribution in [-0.4, -0.2) is 62.3 Å². The first kappa shape index (κ1) is 32.7. The molecular formula is C34H56O7. The van der Waals surface area contributed by atoms with Crippen LogP contribution >= 0.6 is 0 Å². The Kier molecular flexibility index (Phi) is 14.2. The Hall–Kier alpha value is -1.25. The minimum atomic E-state index is -0.431. The highest BCUT2D eigenvalue weighted by Crippen LogP contribution is 2.41. The van der Waals surface area contributed by atoms with Crippen molar-refractivity contribution in [3.8, 4) is 0 Å². The third kappa shape index (κ3) is 10.5. The van der Waals surface area contributed by atoms with Crippen LogP contribution in [0.2, 0.25) is 0 Å². The molecule has 0 spiro atoms. The summed E-state index contributed by atoms with van der Waals surface area (Å²) in [6.07, 6.45) is 24.1. The zero-order valence-electron chi connectivity index (χ0n) is 25.6. The maximum absolute atomic E-state index is 11.4. The van der Waals surface area contributed by atoms with Crippen LogP contribution in [-0.2, 0) is 28.5 Å². The summed E-state index contributed by atoms with van der Waals surface area (Å²) in [5.74, 6) is 1.29. The number of aliphatic hydroxyl groups excluding tert-OH is 1. The molecule has 4 fully saturated rings. The fourth-order valence-corrected chi connectivity index (χ4v) is 7.31. The smallest absolute Gasteiger partial charge is 0.305 e. The van der Waals surface area contributed by atoms with Gasteiger partial charge in [-0.25, -0.2) is 0 Å². The number of unbranched alkanes of at least 4 members (excludes halogenated alkanes) is 1. The van der Waals surface area contributed by atoms with Crippen LogP contribution in [0.3, 0.4) is 0 Å². The summed E-state index contributed by atoms with van der Waals surface area (Å²) in [6.45, 7) is 3.81. The highest BCUT2D eigenvalue weighted by Gasteiger charge is 2.43. The molecule has 2 heterocycles. The Morgan fingerprint density at radius 3 is 2.49 bits per heavy atom. The number of carbonyl (C=O) groups is 1. The van der Waals surface area contributed by atoms with Crippen molar-refractivity contribution in [2.45, 2.75) is 141 Å². The van der Waals surface area contributed by atoms with Gasteiger partial charge in [-0.1, -0.05) is 50.5 Å². The number of rotatable bonds is 15. The summed E-state index contributed by atoms with van der Waals surface area (Å²) >= 11 is 0. The van der Waals surface area contributed by atoms with E-state index >= 15 is 0 Å². The van der Waals surface area contributed by atoms with Crippen molar-refractivity contribution in [2.75, 3.05) is 20.3 Å². The Morgan fingerprint density at radius 1 is 1.00 bits per heavy atom. The van der Waals surface area contributed by atoms with E-state index in [0.29, 0.717) is 18.8 Å². The average molecular weight is 577 g/mol. The lowest BCUT2D eigenvalue weighted by atomic mass is 9.88. The first-order valence-electron chi connectivity index (χ1n) is 16.7. The number of methoxy groups -OCH3 is 1. The van der Waals surface area contributed by atoms with Crippen molar-refractivity contribution in [1.29, 1.82) is 0 Å². The van der Waals surface area contributed by atoms with Crippen LogP contribution < -0.4 is 0 Å². The van der Waals surface area contributed by atoms with E-state index in [4.69, 9.17) is 23.7 Å². The first-order valence-corrected chi connectivity index (χ1v) is 16.7. The number of allylic oxidation sites excluding steroid dienone is 2. The molecule has 2 aliphatic carbocycles. The first-order chi connectivity index (χ1) is 20.1. The molecule has 7 nitrogen and oxygen atoms in total. The Labute approximate surface area is 248 Å². The van der Waals surface area contributed by atoms with Gasteiger partial charge in [0.2, 0.25) is 0 Å². The lowest BCUT2D eigenvalue weighted by Gasteiger charge is -2.31. The van der Waals surface area contributed by atoms with Gasteiger partial charge in [-0.15, -0.1) is 0 Å². The van der Waals surface area contributed by atoms with Crippen LogP contribution in [0.5, 0.6) is 0 Å². The topological polar surface area (TPSA) is 83.5 Å². The van der Waals surface area contributed by atoms with E-state index in [1.54, 1.807) is 0 Å². The second-order valence-corrected chi connectivity index (χ2v) is 12.7. The SMILES string of the molecule is CCCC1CCC([C@@H](/C=C/[C@@H]2[C@@H](C/C=C\CCCC(=O)OC)[C@@H](O)C[C@H]2OC2CCCCO2)OC2CCCCO2)C1. The van der Waals surface area contributed by atoms with Crippen molar-refractivity contribution >= 4 is 5.97 Å². The number of hydrogen-bond acceptors (Lipinski definition) is 7. The van der Waals surface area contributed by atoms with E-state index in [2.05, 4.69) is 31.2 Å². The second kappa shape index (κ2) is 17.8. The molecule has 234 valence electrons. The number of aliphatic hydroxyl groups is 1. The Balaban J connectivity index is 1.45. The molecule has 9 atom stereocenters. The van der Waals surface area contributed by atoms with Gasteiger partial charge in [0.1, 0.15) is 0 Å². The molecule has 2 aliphatic heterocycles. The fourth-order valence-electron chi connectivity index (χ4n) is 7.31. The summed E-state index contributed by atoms with van der Waals surface area (Å²) in [5, 5.41) is 11.2. The third-order valence-electron chi connectivity index (χ3n) is 9.62. The second-order valence-electron chi connectivity index (χ2n) is 12.7. The third-order valence-corrected chi connectivity index (χ3v) is 9.62. The standard InChI is InChI=1S/C34H56O7/c1-3-12-25-17-18-26(23-25)30(40-33-15-8-10-21-38-33)20-19-28-27(13-6-4-5-7-14-32(36)37-2)29(35)24-31(28)41-34-16-9-11-22-39-34/h4,6,19-20,25-31,33-35H,3,5,7-18,21-24H2,1-2H3/b6-4-,20-19+/t25?,26?,27-,28-,29+,30-,31-,33?,34?/m1/s1. The predicted octanol–water partition coefficient (Wildman–Crippen LogP) is 6.87. The minimum absolute atomic E-state index is 0.0267. The molecule has 4 aliphatic rings. The summed E-state index contributed by atoms with van der Waals surface area (Å²) in [4.78, 5) is 11.4. The van der Waals surface area contributed by atoms with Gasteiger partial charge < -0.3 is 28.8 Å². The van der Waals surface area contributed by atoms with Gasteiger partial charge in [0.25, 0.3) is 0 Å². The Morgan fingerprint density at radius 2 is 1.78 bits per heavy atom. The highest BCUT2D eigenvalue weighted by atomic mass is 16.7. The quantitative estimate of drug-likeness (QED) is 0.129. The molecule has 0 bridgehead atoms. The van der Waals surface area contributed by atoms with E-state index in [9.17, 15) is 9.90 Å². The largest absolute Gasteiger partial charge is 0.469 e. The van der Waals surface area contributed by atoms with Gasteiger partial charge in [0.05, 0.1) is 25.4 Å². The molecule has 0 aromatic heterocycles. The lowest BCUT2D eigenvalue weighted by molar-refractivity contribution is -0.193. The van der Waals surface area contributed by atoms with E-state index < -0.39 is 6.10 Å². The van der Waals surface area contributed by atoms with Crippen LogP contribution in [0, 0.1) is 23.7 Å². The highest BCUT2D eigenvalue weighted by molar-refractivity contribution is 5.69. The van der Waals surface area contributed by atoms with Crippen molar-refractivity contribution < 1.29 is 33.6 Å². The fraction of sp³-hybridized carbons (Fsp3) is 0.853. The van der Waals surface area contributed by atoms with Crippen molar-refractivity contribution in [3.63, 3.8) is 0 Å². The molecule has 0 amide bonds. The van der Waals surface area contributed by atoms with Crippen molar-refractivity contribution in [1.82, 2.24) is 0 Å². The van der Waals surface area contributed by atoms with Crippen LogP contribution in [0.4, 0.5) is 0 Å². The van der Waals surface area contributed by atoms with Crippen LogP contribution in [0.15, 0.2) is 24.3 Å². The molecule has 2 saturated heterocycles. The van der Waals surface area contributed by atoms with Gasteiger partial charge in [-0.2, -0.15) is 0 Å². The maximum atomic E-state index is 11.4. The molecule has 41 heavy (non-hydrogen) atoms. The van der Waals surface area contributed by atoms with Crippen LogP contribution in [0.1, 0.15) is 110 Å². The van der Waals surface area contributed by atoms with Crippen molar-refractivity contribution in [2.24, 2.45) is 23.7 Å². The maximum Gasteiger partial charge on any atom is 0.305 e. The summed E-state index contributed by atoms with van der Waals surface area (Å²) < 4.78 is 29.9. The Bertz CT molecular complexity index is 801. The average Bonchev–Trinajstić information content (AvgIpc) is 3.57. The van der Waals surface area contributed by atoms with E-state index in [-0.39, 0.29) is 42.6 Å². The summed E-state index contributed by atoms with van der Waals surface area (Å²) in [6, 6.07) is 0.